The first-order chi connectivity index (χ1) is 14.9. The van der Waals surface area contributed by atoms with E-state index in [2.05, 4.69) is 5.32 Å². The Morgan fingerprint density at radius 3 is 1.84 bits per heavy atom. The minimum atomic E-state index is -1.36. The Hall–Kier alpha value is -2.32. The fourth-order valence-corrected chi connectivity index (χ4v) is 4.34. The molecule has 7 nitrogen and oxygen atoms in total. The first kappa shape index (κ1) is 24.3. The fourth-order valence-electron chi connectivity index (χ4n) is 3.32. The maximum atomic E-state index is 12.8. The van der Waals surface area contributed by atoms with Crippen molar-refractivity contribution in [2.24, 2.45) is 0 Å². The third-order valence-corrected chi connectivity index (χ3v) is 6.51. The highest BCUT2D eigenvalue weighted by Crippen LogP contribution is 2.45. The van der Waals surface area contributed by atoms with E-state index < -0.39 is 36.3 Å². The number of imide groups is 1. The van der Waals surface area contributed by atoms with E-state index in [0.29, 0.717) is 10.6 Å². The summed E-state index contributed by atoms with van der Waals surface area (Å²) in [5.41, 5.74) is 1.96. The van der Waals surface area contributed by atoms with Crippen LogP contribution in [0.5, 0.6) is 0 Å². The molecular weight excluding hydrogens is 502 g/mol. The van der Waals surface area contributed by atoms with Gasteiger partial charge in [-0.15, -0.1) is 0 Å². The maximum absolute atomic E-state index is 12.8. The molecule has 2 aromatic rings. The molecule has 1 aliphatic heterocycles. The highest BCUT2D eigenvalue weighted by Gasteiger charge is 2.45. The van der Waals surface area contributed by atoms with E-state index >= 15 is 0 Å². The van der Waals surface area contributed by atoms with Gasteiger partial charge in [0.25, 0.3) is 17.7 Å². The van der Waals surface area contributed by atoms with Crippen molar-refractivity contribution in [2.45, 2.75) is 26.8 Å². The number of carbonyl (C=O) groups excluding carboxylic acids is 4. The highest BCUT2D eigenvalue weighted by atomic mass is 35.5. The summed E-state index contributed by atoms with van der Waals surface area (Å²) < 4.78 is 5.00. The van der Waals surface area contributed by atoms with Crippen molar-refractivity contribution >= 4 is 75.8 Å². The van der Waals surface area contributed by atoms with E-state index in [1.807, 2.05) is 19.9 Å². The van der Waals surface area contributed by atoms with E-state index in [-0.39, 0.29) is 31.2 Å². The fraction of sp³-hybridized carbons (Fsp3) is 0.238. The molecule has 1 aliphatic rings. The number of nitrogens with zero attached hydrogens (tertiary/aromatic N) is 1. The maximum Gasteiger partial charge on any atom is 0.329 e. The van der Waals surface area contributed by atoms with Crippen LogP contribution in [0.4, 0.5) is 5.69 Å². The monoisotopic (exact) mass is 516 g/mol. The van der Waals surface area contributed by atoms with Gasteiger partial charge in [-0.2, -0.15) is 0 Å². The minimum absolute atomic E-state index is 0.182. The zero-order chi connectivity index (χ0) is 23.9. The third kappa shape index (κ3) is 4.43. The van der Waals surface area contributed by atoms with Crippen LogP contribution in [0.1, 0.15) is 38.8 Å². The molecule has 3 amide bonds. The zero-order valence-corrected chi connectivity index (χ0v) is 20.0. The van der Waals surface area contributed by atoms with Gasteiger partial charge in [-0.3, -0.25) is 19.3 Å². The molecule has 0 saturated heterocycles. The lowest BCUT2D eigenvalue weighted by Crippen LogP contribution is -2.44. The number of ether oxygens (including phenoxy) is 1. The number of halogens is 4. The van der Waals surface area contributed by atoms with Crippen molar-refractivity contribution in [2.75, 3.05) is 11.9 Å². The molecule has 168 valence electrons. The Balaban J connectivity index is 1.71. The number of nitrogens with one attached hydrogen (secondary N) is 1. The lowest BCUT2D eigenvalue weighted by Gasteiger charge is -2.20. The van der Waals surface area contributed by atoms with Crippen LogP contribution in [0.25, 0.3) is 0 Å². The van der Waals surface area contributed by atoms with Crippen LogP contribution in [-0.4, -0.2) is 41.2 Å². The highest BCUT2D eigenvalue weighted by molar-refractivity contribution is 6.55. The van der Waals surface area contributed by atoms with E-state index in [4.69, 9.17) is 51.1 Å². The summed E-state index contributed by atoms with van der Waals surface area (Å²) in [6.07, 6.45) is 0. The lowest BCUT2D eigenvalue weighted by atomic mass is 10.1. The van der Waals surface area contributed by atoms with Crippen molar-refractivity contribution in [1.82, 2.24) is 4.90 Å². The van der Waals surface area contributed by atoms with Crippen molar-refractivity contribution in [3.63, 3.8) is 0 Å². The Bertz CT molecular complexity index is 1110. The predicted molar refractivity (Wildman–Crippen MR) is 122 cm³/mol. The molecule has 1 N–H and O–H groups in total. The summed E-state index contributed by atoms with van der Waals surface area (Å²) in [5, 5.41) is 1.76. The van der Waals surface area contributed by atoms with E-state index in [1.54, 1.807) is 12.1 Å². The number of hydrogen-bond donors (Lipinski definition) is 1. The van der Waals surface area contributed by atoms with Crippen LogP contribution in [0.15, 0.2) is 18.2 Å². The van der Waals surface area contributed by atoms with Gasteiger partial charge in [0, 0.05) is 5.69 Å². The second kappa shape index (κ2) is 9.27. The molecule has 0 unspecified atom stereocenters. The van der Waals surface area contributed by atoms with Crippen LogP contribution in [0, 0.1) is 13.8 Å². The molecule has 1 atom stereocenters. The summed E-state index contributed by atoms with van der Waals surface area (Å²) in [6.45, 7) is 4.42. The van der Waals surface area contributed by atoms with Gasteiger partial charge in [0.15, 0.2) is 6.61 Å². The lowest BCUT2D eigenvalue weighted by molar-refractivity contribution is -0.150. The molecule has 3 rings (SSSR count). The van der Waals surface area contributed by atoms with Gasteiger partial charge in [0.1, 0.15) is 6.04 Å². The Morgan fingerprint density at radius 1 is 0.906 bits per heavy atom. The summed E-state index contributed by atoms with van der Waals surface area (Å²) >= 11 is 24.1. The summed E-state index contributed by atoms with van der Waals surface area (Å²) in [4.78, 5) is 50.9. The quantitative estimate of drug-likeness (QED) is 0.258. The number of benzene rings is 2. The van der Waals surface area contributed by atoms with Crippen LogP contribution < -0.4 is 5.32 Å². The molecule has 0 aromatic heterocycles. The van der Waals surface area contributed by atoms with Gasteiger partial charge in [0.05, 0.1) is 31.2 Å². The van der Waals surface area contributed by atoms with E-state index in [1.165, 1.54) is 6.92 Å². The topological polar surface area (TPSA) is 92.8 Å². The molecule has 0 spiro atoms. The van der Waals surface area contributed by atoms with Gasteiger partial charge < -0.3 is 10.1 Å². The van der Waals surface area contributed by atoms with Crippen LogP contribution in [-0.2, 0) is 14.3 Å². The van der Waals surface area contributed by atoms with Crippen molar-refractivity contribution in [1.29, 1.82) is 0 Å². The Kier molecular flexibility index (Phi) is 7.05. The largest absolute Gasteiger partial charge is 0.454 e. The standard InChI is InChI=1S/C21H16Cl4N2O5/c1-8-4-9(2)6-11(5-8)26-12(28)7-32-21(31)10(3)27-19(29)13-14(20(27)30)16(23)18(25)17(24)15(13)22/h4-6,10H,7H2,1-3H3,(H,26,28)/t10-/m1/s1. The van der Waals surface area contributed by atoms with Crippen molar-refractivity contribution in [3.05, 3.63) is 60.5 Å². The van der Waals surface area contributed by atoms with Crippen molar-refractivity contribution in [3.8, 4) is 0 Å². The SMILES string of the molecule is Cc1cc(C)cc(NC(=O)COC(=O)[C@@H](C)N2C(=O)c3c(Cl)c(Cl)c(Cl)c(Cl)c3C2=O)c1. The molecule has 2 aromatic carbocycles. The van der Waals surface area contributed by atoms with Crippen LogP contribution in [0.3, 0.4) is 0 Å². The number of aryl methyl sites for hydroxylation is 2. The van der Waals surface area contributed by atoms with Gasteiger partial charge in [0.2, 0.25) is 0 Å². The Morgan fingerprint density at radius 2 is 1.38 bits per heavy atom. The number of amides is 3. The molecule has 0 saturated carbocycles. The third-order valence-electron chi connectivity index (χ3n) is 4.71. The molecule has 0 aliphatic carbocycles. The second-order valence-electron chi connectivity index (χ2n) is 7.19. The Labute approximate surface area is 203 Å². The summed E-state index contributed by atoms with van der Waals surface area (Å²) in [5.74, 6) is -3.30. The molecule has 1 heterocycles. The average molecular weight is 518 g/mol. The van der Waals surface area contributed by atoms with Gasteiger partial charge >= 0.3 is 5.97 Å². The molecule has 32 heavy (non-hydrogen) atoms. The molecule has 0 bridgehead atoms. The van der Waals surface area contributed by atoms with Crippen molar-refractivity contribution < 1.29 is 23.9 Å². The smallest absolute Gasteiger partial charge is 0.329 e. The van der Waals surface area contributed by atoms with Gasteiger partial charge in [-0.1, -0.05) is 52.5 Å². The normalized spacial score (nSPS) is 13.8. The summed E-state index contributed by atoms with van der Waals surface area (Å²) in [7, 11) is 0. The van der Waals surface area contributed by atoms with Crippen LogP contribution >= 0.6 is 46.4 Å². The second-order valence-corrected chi connectivity index (χ2v) is 8.71. The first-order valence-corrected chi connectivity index (χ1v) is 10.7. The molecule has 0 fully saturated rings. The van der Waals surface area contributed by atoms with E-state index in [9.17, 15) is 19.2 Å². The molecular formula is C21H16Cl4N2O5. The number of fused-ring (bicyclic) bond motifs is 1. The van der Waals surface area contributed by atoms with Gasteiger partial charge in [-0.25, -0.2) is 4.79 Å². The first-order valence-electron chi connectivity index (χ1n) is 9.22. The number of hydrogen-bond acceptors (Lipinski definition) is 5. The number of esters is 1. The van der Waals surface area contributed by atoms with Crippen LogP contribution in [0.2, 0.25) is 20.1 Å². The minimum Gasteiger partial charge on any atom is -0.454 e. The zero-order valence-electron chi connectivity index (χ0n) is 17.0. The van der Waals surface area contributed by atoms with E-state index in [0.717, 1.165) is 11.1 Å². The molecule has 11 heteroatoms. The average Bonchev–Trinajstić information content (AvgIpc) is 2.97. The number of anilines is 1. The van der Waals surface area contributed by atoms with Gasteiger partial charge in [-0.05, 0) is 44.0 Å². The number of carbonyl (C=O) groups is 4. The number of rotatable bonds is 5. The molecule has 0 radical (unpaired) electrons. The summed E-state index contributed by atoms with van der Waals surface area (Å²) in [6, 6.07) is 4.11. The predicted octanol–water partition coefficient (Wildman–Crippen LogP) is 5.08.